The zero-order valence-electron chi connectivity index (χ0n) is 10.5. The van der Waals surface area contributed by atoms with E-state index in [1.807, 2.05) is 48.5 Å². The van der Waals surface area contributed by atoms with Gasteiger partial charge in [-0.25, -0.2) is 19.3 Å². The van der Waals surface area contributed by atoms with Crippen molar-refractivity contribution in [3.63, 3.8) is 0 Å². The first-order valence-corrected chi connectivity index (χ1v) is 6.18. The molecule has 96 valence electrons. The molecule has 2 heterocycles. The summed E-state index contributed by atoms with van der Waals surface area (Å²) in [6.45, 7) is 0. The molecule has 0 aliphatic rings. The fourth-order valence-electron chi connectivity index (χ4n) is 2.12. The van der Waals surface area contributed by atoms with Gasteiger partial charge in [-0.15, -0.1) is 0 Å². The van der Waals surface area contributed by atoms with Crippen molar-refractivity contribution in [3.8, 4) is 0 Å². The molecule has 6 heteroatoms. The Morgan fingerprint density at radius 3 is 1.60 bits per heavy atom. The van der Waals surface area contributed by atoms with Crippen molar-refractivity contribution in [2.24, 2.45) is 10.4 Å². The van der Waals surface area contributed by atoms with Gasteiger partial charge in [0.1, 0.15) is 12.7 Å². The zero-order valence-corrected chi connectivity index (χ0v) is 10.5. The van der Waals surface area contributed by atoms with Crippen molar-refractivity contribution >= 4 is 22.1 Å². The van der Waals surface area contributed by atoms with Gasteiger partial charge in [-0.1, -0.05) is 24.3 Å². The summed E-state index contributed by atoms with van der Waals surface area (Å²) in [5.41, 5.74) is 3.62. The van der Waals surface area contributed by atoms with E-state index in [4.69, 9.17) is 0 Å². The number of nitrogens with zero attached hydrogens (tertiary/aromatic N) is 6. The van der Waals surface area contributed by atoms with Crippen molar-refractivity contribution < 1.29 is 0 Å². The Hall–Kier alpha value is -3.02. The summed E-state index contributed by atoms with van der Waals surface area (Å²) in [6, 6.07) is 15.6. The van der Waals surface area contributed by atoms with Crippen LogP contribution in [0.15, 0.2) is 71.6 Å². The summed E-state index contributed by atoms with van der Waals surface area (Å²) in [5, 5.41) is 8.38. The summed E-state index contributed by atoms with van der Waals surface area (Å²) in [6.07, 6.45) is 3.29. The lowest BCUT2D eigenvalue weighted by molar-refractivity contribution is 0.711. The minimum absolute atomic E-state index is 0.891. The molecule has 2 aromatic heterocycles. The molecule has 0 N–H and O–H groups in total. The smallest absolute Gasteiger partial charge is 0.120 e. The Morgan fingerprint density at radius 2 is 1.10 bits per heavy atom. The number of fused-ring (bicyclic) bond motifs is 2. The van der Waals surface area contributed by atoms with E-state index in [2.05, 4.69) is 20.4 Å². The number of aromatic nitrogens is 4. The fourth-order valence-corrected chi connectivity index (χ4v) is 2.12. The third-order valence-corrected chi connectivity index (χ3v) is 3.10. The molecule has 4 aromatic rings. The molecule has 0 atom stereocenters. The van der Waals surface area contributed by atoms with E-state index in [1.54, 1.807) is 22.0 Å². The molecule has 6 nitrogen and oxygen atoms in total. The molecule has 0 saturated heterocycles. The fraction of sp³-hybridized carbons (Fsp3) is 0. The summed E-state index contributed by atoms with van der Waals surface area (Å²) >= 11 is 0. The van der Waals surface area contributed by atoms with E-state index in [0.717, 1.165) is 22.1 Å². The van der Waals surface area contributed by atoms with E-state index < -0.39 is 0 Å². The molecule has 0 saturated carbocycles. The van der Waals surface area contributed by atoms with Crippen molar-refractivity contribution in [2.75, 3.05) is 0 Å². The van der Waals surface area contributed by atoms with E-state index in [9.17, 15) is 0 Å². The normalized spacial score (nSPS) is 11.8. The van der Waals surface area contributed by atoms with E-state index in [0.29, 0.717) is 0 Å². The van der Waals surface area contributed by atoms with Gasteiger partial charge in [0.25, 0.3) is 0 Å². The van der Waals surface area contributed by atoms with E-state index >= 15 is 0 Å². The van der Waals surface area contributed by atoms with Gasteiger partial charge in [-0.05, 0) is 34.7 Å². The van der Waals surface area contributed by atoms with Crippen LogP contribution in [-0.4, -0.2) is 19.3 Å². The van der Waals surface area contributed by atoms with Crippen LogP contribution in [0.5, 0.6) is 0 Å². The summed E-state index contributed by atoms with van der Waals surface area (Å²) in [4.78, 5) is 8.53. The first-order valence-electron chi connectivity index (χ1n) is 6.18. The number of benzene rings is 2. The van der Waals surface area contributed by atoms with Gasteiger partial charge in [-0.3, -0.25) is 0 Å². The lowest BCUT2D eigenvalue weighted by Crippen LogP contribution is -1.88. The molecule has 2 aromatic carbocycles. The van der Waals surface area contributed by atoms with Crippen LogP contribution in [-0.2, 0) is 0 Å². The van der Waals surface area contributed by atoms with Crippen molar-refractivity contribution in [1.82, 2.24) is 19.3 Å². The van der Waals surface area contributed by atoms with E-state index in [1.165, 1.54) is 0 Å². The molecule has 0 aliphatic carbocycles. The Kier molecular flexibility index (Phi) is 2.32. The molecule has 20 heavy (non-hydrogen) atoms. The highest BCUT2D eigenvalue weighted by Gasteiger charge is 2.01. The summed E-state index contributed by atoms with van der Waals surface area (Å²) in [5.74, 6) is 0. The second kappa shape index (κ2) is 4.27. The third kappa shape index (κ3) is 1.66. The maximum absolute atomic E-state index is 4.27. The highest BCUT2D eigenvalue weighted by Crippen LogP contribution is 2.14. The molecule has 0 radical (unpaired) electrons. The van der Waals surface area contributed by atoms with Gasteiger partial charge in [0.2, 0.25) is 0 Å². The van der Waals surface area contributed by atoms with Gasteiger partial charge in [0.05, 0.1) is 22.1 Å². The topological polar surface area (TPSA) is 60.4 Å². The van der Waals surface area contributed by atoms with Crippen molar-refractivity contribution in [1.29, 1.82) is 0 Å². The Bertz CT molecular complexity index is 841. The predicted molar refractivity (Wildman–Crippen MR) is 75.1 cm³/mol. The molecule has 0 bridgehead atoms. The zero-order chi connectivity index (χ0) is 13.4. The van der Waals surface area contributed by atoms with Gasteiger partial charge in [0, 0.05) is 0 Å². The van der Waals surface area contributed by atoms with Crippen LogP contribution in [0.3, 0.4) is 0 Å². The molecule has 0 spiro atoms. The predicted octanol–water partition coefficient (Wildman–Crippen LogP) is 3.06. The average Bonchev–Trinajstić information content (AvgIpc) is 3.09. The Labute approximate surface area is 114 Å². The van der Waals surface area contributed by atoms with Gasteiger partial charge < -0.3 is 0 Å². The lowest BCUT2D eigenvalue weighted by atomic mass is 10.3. The third-order valence-electron chi connectivity index (χ3n) is 3.10. The lowest BCUT2D eigenvalue weighted by Gasteiger charge is -1.95. The minimum atomic E-state index is 0.891. The van der Waals surface area contributed by atoms with Crippen LogP contribution in [0.25, 0.3) is 22.1 Å². The maximum atomic E-state index is 4.27. The largest absolute Gasteiger partial charge is 0.235 e. The number of hydrogen-bond acceptors (Lipinski definition) is 4. The highest BCUT2D eigenvalue weighted by molar-refractivity contribution is 5.75. The van der Waals surface area contributed by atoms with Crippen LogP contribution >= 0.6 is 0 Å². The van der Waals surface area contributed by atoms with Crippen molar-refractivity contribution in [2.45, 2.75) is 0 Å². The molecule has 0 amide bonds. The van der Waals surface area contributed by atoms with Gasteiger partial charge >= 0.3 is 0 Å². The van der Waals surface area contributed by atoms with Crippen LogP contribution < -0.4 is 0 Å². The number of hydrogen-bond donors (Lipinski definition) is 0. The molecular formula is C14H10N6. The summed E-state index contributed by atoms with van der Waals surface area (Å²) in [7, 11) is 0. The second-order valence-electron chi connectivity index (χ2n) is 4.33. The average molecular weight is 262 g/mol. The van der Waals surface area contributed by atoms with Crippen molar-refractivity contribution in [3.05, 3.63) is 61.2 Å². The highest BCUT2D eigenvalue weighted by atomic mass is 15.6. The molecule has 0 fully saturated rings. The second-order valence-corrected chi connectivity index (χ2v) is 4.33. The van der Waals surface area contributed by atoms with Gasteiger partial charge in [0.15, 0.2) is 0 Å². The molecular weight excluding hydrogens is 252 g/mol. The first-order chi connectivity index (χ1) is 9.92. The monoisotopic (exact) mass is 262 g/mol. The number of para-hydroxylation sites is 4. The number of rotatable bonds is 2. The quantitative estimate of drug-likeness (QED) is 0.521. The molecule has 0 aliphatic heterocycles. The van der Waals surface area contributed by atoms with Crippen LogP contribution in [0.4, 0.5) is 0 Å². The molecule has 0 unspecified atom stereocenters. The molecule has 4 rings (SSSR count). The standard InChI is InChI=1S/C14H10N6/c1-3-7-13-11(5-1)15-9-19(13)17-18-20-10-16-12-6-2-4-8-14(12)20/h1-10H/b18-17+. The Balaban J connectivity index is 1.78. The van der Waals surface area contributed by atoms with E-state index in [-0.39, 0.29) is 0 Å². The minimum Gasteiger partial charge on any atom is -0.235 e. The van der Waals surface area contributed by atoms with Gasteiger partial charge in [-0.2, -0.15) is 0 Å². The first kappa shape index (κ1) is 10.9. The van der Waals surface area contributed by atoms with Crippen LogP contribution in [0.2, 0.25) is 0 Å². The SMILES string of the molecule is c1ccc2c(c1)ncn2/N=N/n1cnc2ccccc21. The van der Waals surface area contributed by atoms with Crippen LogP contribution in [0, 0.1) is 0 Å². The maximum Gasteiger partial charge on any atom is 0.120 e. The van der Waals surface area contributed by atoms with Crippen LogP contribution in [0.1, 0.15) is 0 Å². The summed E-state index contributed by atoms with van der Waals surface area (Å²) < 4.78 is 3.29. The number of imidazole rings is 2. The Morgan fingerprint density at radius 1 is 0.650 bits per heavy atom.